The number of aromatic amines is 1. The van der Waals surface area contributed by atoms with Crippen molar-refractivity contribution in [2.24, 2.45) is 0 Å². The smallest absolute Gasteiger partial charge is 0.253 e. The van der Waals surface area contributed by atoms with Crippen LogP contribution >= 0.6 is 15.9 Å². The molecule has 1 aromatic heterocycles. The van der Waals surface area contributed by atoms with Gasteiger partial charge in [-0.05, 0) is 40.5 Å². The topological polar surface area (TPSA) is 44.9 Å². The lowest BCUT2D eigenvalue weighted by Gasteiger charge is -2.18. The molecule has 0 atom stereocenters. The minimum atomic E-state index is 0.0293. The summed E-state index contributed by atoms with van der Waals surface area (Å²) in [5.74, 6) is 0. The standard InChI is InChI=1S/C12H11BrN2O/c13-10-3-1-2-8-7-4-5-14-6-9(7)12(16)15-11(8)10/h1-3,14H,4-6H2,(H,15,16). The molecule has 4 heteroatoms. The van der Waals surface area contributed by atoms with E-state index >= 15 is 0 Å². The summed E-state index contributed by atoms with van der Waals surface area (Å²) in [5.41, 5.74) is 3.02. The number of para-hydroxylation sites is 1. The molecule has 2 N–H and O–H groups in total. The lowest BCUT2D eigenvalue weighted by atomic mass is 9.98. The van der Waals surface area contributed by atoms with Crippen LogP contribution in [0.25, 0.3) is 10.9 Å². The van der Waals surface area contributed by atoms with Gasteiger partial charge in [-0.1, -0.05) is 12.1 Å². The van der Waals surface area contributed by atoms with Crippen molar-refractivity contribution in [3.05, 3.63) is 44.2 Å². The van der Waals surface area contributed by atoms with E-state index in [9.17, 15) is 4.79 Å². The third kappa shape index (κ3) is 1.41. The first-order chi connectivity index (χ1) is 7.77. The summed E-state index contributed by atoms with van der Waals surface area (Å²) in [6.45, 7) is 1.62. The van der Waals surface area contributed by atoms with E-state index in [2.05, 4.69) is 32.3 Å². The predicted octanol–water partition coefficient (Wildman–Crippen LogP) is 1.94. The summed E-state index contributed by atoms with van der Waals surface area (Å²) in [6, 6.07) is 6.03. The molecule has 2 aromatic rings. The number of H-pyrrole nitrogens is 1. The van der Waals surface area contributed by atoms with Crippen LogP contribution in [-0.2, 0) is 13.0 Å². The number of nitrogens with one attached hydrogen (secondary N) is 2. The lowest BCUT2D eigenvalue weighted by Crippen LogP contribution is -2.30. The van der Waals surface area contributed by atoms with E-state index in [0.29, 0.717) is 6.54 Å². The molecule has 0 radical (unpaired) electrons. The van der Waals surface area contributed by atoms with Crippen molar-refractivity contribution in [3.63, 3.8) is 0 Å². The average molecular weight is 279 g/mol. The van der Waals surface area contributed by atoms with E-state index < -0.39 is 0 Å². The van der Waals surface area contributed by atoms with E-state index in [1.807, 2.05) is 12.1 Å². The molecule has 0 unspecified atom stereocenters. The van der Waals surface area contributed by atoms with E-state index in [4.69, 9.17) is 0 Å². The SMILES string of the molecule is O=c1[nH]c2c(Br)cccc2c2c1CNCC2. The van der Waals surface area contributed by atoms with Crippen LogP contribution < -0.4 is 10.9 Å². The van der Waals surface area contributed by atoms with Crippen molar-refractivity contribution in [2.75, 3.05) is 6.54 Å². The lowest BCUT2D eigenvalue weighted by molar-refractivity contribution is 0.640. The molecule has 3 nitrogen and oxygen atoms in total. The van der Waals surface area contributed by atoms with Gasteiger partial charge in [-0.2, -0.15) is 0 Å². The fraction of sp³-hybridized carbons (Fsp3) is 0.250. The second-order valence-electron chi connectivity index (χ2n) is 4.00. The van der Waals surface area contributed by atoms with Crippen molar-refractivity contribution in [1.29, 1.82) is 0 Å². The molecule has 1 aromatic carbocycles. The highest BCUT2D eigenvalue weighted by molar-refractivity contribution is 9.10. The van der Waals surface area contributed by atoms with Gasteiger partial charge in [0.15, 0.2) is 0 Å². The summed E-state index contributed by atoms with van der Waals surface area (Å²) in [5, 5.41) is 4.39. The molecule has 16 heavy (non-hydrogen) atoms. The molecule has 1 aliphatic rings. The van der Waals surface area contributed by atoms with E-state index in [-0.39, 0.29) is 5.56 Å². The Bertz CT molecular complexity index is 618. The Morgan fingerprint density at radius 1 is 1.25 bits per heavy atom. The summed E-state index contributed by atoms with van der Waals surface area (Å²) < 4.78 is 0.948. The Morgan fingerprint density at radius 3 is 3.00 bits per heavy atom. The molecule has 1 aliphatic heterocycles. The van der Waals surface area contributed by atoms with Crippen LogP contribution in [0.5, 0.6) is 0 Å². The van der Waals surface area contributed by atoms with Crippen LogP contribution in [0.4, 0.5) is 0 Å². The van der Waals surface area contributed by atoms with Crippen LogP contribution in [0, 0.1) is 0 Å². The van der Waals surface area contributed by atoms with Gasteiger partial charge in [-0.15, -0.1) is 0 Å². The van der Waals surface area contributed by atoms with Crippen LogP contribution in [0.2, 0.25) is 0 Å². The van der Waals surface area contributed by atoms with E-state index in [1.54, 1.807) is 0 Å². The minimum Gasteiger partial charge on any atom is -0.321 e. The van der Waals surface area contributed by atoms with Crippen LogP contribution in [-0.4, -0.2) is 11.5 Å². The van der Waals surface area contributed by atoms with Gasteiger partial charge in [0.05, 0.1) is 5.52 Å². The van der Waals surface area contributed by atoms with Gasteiger partial charge in [-0.25, -0.2) is 0 Å². The third-order valence-electron chi connectivity index (χ3n) is 3.07. The first-order valence-electron chi connectivity index (χ1n) is 5.30. The number of aromatic nitrogens is 1. The van der Waals surface area contributed by atoms with Crippen molar-refractivity contribution < 1.29 is 0 Å². The highest BCUT2D eigenvalue weighted by Crippen LogP contribution is 2.26. The maximum absolute atomic E-state index is 11.9. The number of fused-ring (bicyclic) bond motifs is 3. The Kier molecular flexibility index (Phi) is 2.33. The first-order valence-corrected chi connectivity index (χ1v) is 6.09. The van der Waals surface area contributed by atoms with Gasteiger partial charge in [0.2, 0.25) is 0 Å². The normalized spacial score (nSPS) is 15.1. The molecule has 0 saturated heterocycles. The van der Waals surface area contributed by atoms with Gasteiger partial charge in [0.25, 0.3) is 5.56 Å². The molecular formula is C12H11BrN2O. The van der Waals surface area contributed by atoms with Gasteiger partial charge < -0.3 is 10.3 Å². The zero-order valence-electron chi connectivity index (χ0n) is 8.64. The van der Waals surface area contributed by atoms with Gasteiger partial charge in [0.1, 0.15) is 0 Å². The van der Waals surface area contributed by atoms with Crippen LogP contribution in [0.15, 0.2) is 27.5 Å². The van der Waals surface area contributed by atoms with Crippen LogP contribution in [0.3, 0.4) is 0 Å². The van der Waals surface area contributed by atoms with Crippen molar-refractivity contribution >= 4 is 26.8 Å². The predicted molar refractivity (Wildman–Crippen MR) is 67.7 cm³/mol. The van der Waals surface area contributed by atoms with Gasteiger partial charge in [-0.3, -0.25) is 4.79 Å². The zero-order valence-corrected chi connectivity index (χ0v) is 10.2. The Labute approximate surface area is 101 Å². The highest BCUT2D eigenvalue weighted by atomic mass is 79.9. The molecule has 3 rings (SSSR count). The number of halogens is 1. The zero-order chi connectivity index (χ0) is 11.1. The molecular weight excluding hydrogens is 268 g/mol. The molecule has 0 aliphatic carbocycles. The maximum Gasteiger partial charge on any atom is 0.253 e. The number of benzene rings is 1. The number of hydrogen-bond donors (Lipinski definition) is 2. The van der Waals surface area contributed by atoms with E-state index in [0.717, 1.165) is 33.9 Å². The van der Waals surface area contributed by atoms with Gasteiger partial charge in [0, 0.05) is 22.0 Å². The largest absolute Gasteiger partial charge is 0.321 e. The summed E-state index contributed by atoms with van der Waals surface area (Å²) in [4.78, 5) is 14.9. The van der Waals surface area contributed by atoms with Crippen molar-refractivity contribution in [2.45, 2.75) is 13.0 Å². The molecule has 0 saturated carbocycles. The maximum atomic E-state index is 11.9. The molecule has 0 spiro atoms. The van der Waals surface area contributed by atoms with Gasteiger partial charge >= 0.3 is 0 Å². The molecule has 2 heterocycles. The summed E-state index contributed by atoms with van der Waals surface area (Å²) >= 11 is 3.47. The summed E-state index contributed by atoms with van der Waals surface area (Å²) in [7, 11) is 0. The number of pyridine rings is 1. The monoisotopic (exact) mass is 278 g/mol. The molecule has 82 valence electrons. The minimum absolute atomic E-state index is 0.0293. The fourth-order valence-electron chi connectivity index (χ4n) is 2.29. The number of rotatable bonds is 0. The first kappa shape index (κ1) is 10.1. The Balaban J connectivity index is 2.47. The molecule has 0 fully saturated rings. The Morgan fingerprint density at radius 2 is 2.12 bits per heavy atom. The molecule has 0 amide bonds. The van der Waals surface area contributed by atoms with Crippen molar-refractivity contribution in [1.82, 2.24) is 10.3 Å². The quantitative estimate of drug-likeness (QED) is 0.774. The highest BCUT2D eigenvalue weighted by Gasteiger charge is 2.16. The van der Waals surface area contributed by atoms with Crippen LogP contribution in [0.1, 0.15) is 11.1 Å². The third-order valence-corrected chi connectivity index (χ3v) is 3.73. The summed E-state index contributed by atoms with van der Waals surface area (Å²) in [6.07, 6.45) is 0.923. The second kappa shape index (κ2) is 3.71. The second-order valence-corrected chi connectivity index (χ2v) is 4.85. The average Bonchev–Trinajstić information content (AvgIpc) is 2.31. The molecule has 0 bridgehead atoms. The van der Waals surface area contributed by atoms with Crippen molar-refractivity contribution in [3.8, 4) is 0 Å². The number of hydrogen-bond acceptors (Lipinski definition) is 2. The van der Waals surface area contributed by atoms with E-state index in [1.165, 1.54) is 5.56 Å². The Hall–Kier alpha value is -1.13. The fourth-order valence-corrected chi connectivity index (χ4v) is 2.76.